The van der Waals surface area contributed by atoms with Gasteiger partial charge < -0.3 is 9.13 Å². The number of benzene rings is 6. The summed E-state index contributed by atoms with van der Waals surface area (Å²) in [6.45, 7) is 2.27. The Labute approximate surface area is 246 Å². The summed E-state index contributed by atoms with van der Waals surface area (Å²) in [5, 5.41) is 5.20. The topological polar surface area (TPSA) is 9.86 Å². The molecule has 2 aromatic heterocycles. The minimum atomic E-state index is 1.11. The van der Waals surface area contributed by atoms with Crippen LogP contribution in [0.25, 0.3) is 66.1 Å². The molecule has 6 aromatic carbocycles. The van der Waals surface area contributed by atoms with Crippen molar-refractivity contribution in [2.24, 2.45) is 0 Å². The molecule has 0 bridgehead atoms. The van der Waals surface area contributed by atoms with E-state index in [0.29, 0.717) is 0 Å². The van der Waals surface area contributed by atoms with Crippen LogP contribution in [0.4, 0.5) is 0 Å². The molecule has 2 heteroatoms. The van der Waals surface area contributed by atoms with Crippen molar-refractivity contribution in [2.75, 3.05) is 0 Å². The third kappa shape index (κ3) is 3.94. The maximum Gasteiger partial charge on any atom is 0.0562 e. The van der Waals surface area contributed by atoms with Crippen LogP contribution in [0.15, 0.2) is 140 Å². The van der Waals surface area contributed by atoms with E-state index in [1.54, 1.807) is 0 Å². The Bertz CT molecular complexity index is 2200. The molecular formula is C40H32N2. The van der Waals surface area contributed by atoms with E-state index in [0.717, 1.165) is 6.42 Å². The summed E-state index contributed by atoms with van der Waals surface area (Å²) in [4.78, 5) is 0. The van der Waals surface area contributed by atoms with Gasteiger partial charge in [-0.25, -0.2) is 0 Å². The fourth-order valence-corrected chi connectivity index (χ4v) is 6.63. The highest BCUT2D eigenvalue weighted by Crippen LogP contribution is 2.40. The van der Waals surface area contributed by atoms with E-state index in [1.807, 2.05) is 0 Å². The predicted molar refractivity (Wildman–Crippen MR) is 179 cm³/mol. The van der Waals surface area contributed by atoms with Crippen molar-refractivity contribution in [1.29, 1.82) is 0 Å². The van der Waals surface area contributed by atoms with Crippen molar-refractivity contribution in [3.63, 3.8) is 0 Å². The van der Waals surface area contributed by atoms with Crippen LogP contribution in [-0.4, -0.2) is 9.13 Å². The van der Waals surface area contributed by atoms with Crippen LogP contribution < -0.4 is 0 Å². The Hall–Kier alpha value is -5.08. The van der Waals surface area contributed by atoms with Crippen LogP contribution in [0.3, 0.4) is 0 Å². The highest BCUT2D eigenvalue weighted by Gasteiger charge is 2.18. The number of unbranched alkanes of at least 4 members (excludes halogenated alkanes) is 1. The third-order valence-corrected chi connectivity index (χ3v) is 8.69. The normalized spacial score (nSPS) is 11.7. The smallest absolute Gasteiger partial charge is 0.0562 e. The maximum absolute atomic E-state index is 2.45. The average molecular weight is 541 g/mol. The molecule has 0 aliphatic rings. The van der Waals surface area contributed by atoms with Gasteiger partial charge in [0.1, 0.15) is 0 Å². The van der Waals surface area contributed by atoms with E-state index in [2.05, 4.69) is 156 Å². The molecule has 0 fully saturated rings. The molecule has 0 radical (unpaired) electrons. The highest BCUT2D eigenvalue weighted by atomic mass is 15.0. The summed E-state index contributed by atoms with van der Waals surface area (Å²) in [7, 11) is 0. The summed E-state index contributed by atoms with van der Waals surface area (Å²) in [6, 6.07) is 51.1. The van der Waals surface area contributed by atoms with Crippen molar-refractivity contribution >= 4 is 43.6 Å². The molecule has 0 N–H and O–H groups in total. The lowest BCUT2D eigenvalue weighted by Gasteiger charge is -2.11. The van der Waals surface area contributed by atoms with E-state index in [1.165, 1.54) is 84.5 Å². The molecule has 0 amide bonds. The lowest BCUT2D eigenvalue weighted by Crippen LogP contribution is -1.96. The second kappa shape index (κ2) is 10.1. The molecular weight excluding hydrogens is 508 g/mol. The zero-order chi connectivity index (χ0) is 28.0. The van der Waals surface area contributed by atoms with Crippen LogP contribution in [0, 0.1) is 0 Å². The molecule has 0 aliphatic heterocycles. The number of para-hydroxylation sites is 2. The Morgan fingerprint density at radius 2 is 1.00 bits per heavy atom. The van der Waals surface area contributed by atoms with Gasteiger partial charge in [0.2, 0.25) is 0 Å². The summed E-state index contributed by atoms with van der Waals surface area (Å²) < 4.78 is 4.87. The van der Waals surface area contributed by atoms with E-state index in [4.69, 9.17) is 0 Å². The SMILES string of the molecule is CCCCc1ccc2c(c1)c1cc3c4ccccc4n(-c4ccccc4)c3cc1n2-c1ccc(-c2ccccc2)cc1. The van der Waals surface area contributed by atoms with E-state index < -0.39 is 0 Å². The molecule has 2 nitrogen and oxygen atoms in total. The van der Waals surface area contributed by atoms with Gasteiger partial charge in [-0.05, 0) is 84.1 Å². The minimum absolute atomic E-state index is 1.11. The minimum Gasteiger partial charge on any atom is -0.309 e. The first-order valence-electron chi connectivity index (χ1n) is 15.0. The maximum atomic E-state index is 2.45. The molecule has 42 heavy (non-hydrogen) atoms. The van der Waals surface area contributed by atoms with Crippen LogP contribution >= 0.6 is 0 Å². The van der Waals surface area contributed by atoms with E-state index >= 15 is 0 Å². The van der Waals surface area contributed by atoms with Gasteiger partial charge in [-0.3, -0.25) is 0 Å². The summed E-state index contributed by atoms with van der Waals surface area (Å²) in [5.41, 5.74) is 11.2. The number of aromatic nitrogens is 2. The van der Waals surface area contributed by atoms with Gasteiger partial charge in [0.25, 0.3) is 0 Å². The highest BCUT2D eigenvalue weighted by molar-refractivity contribution is 6.19. The van der Waals surface area contributed by atoms with Gasteiger partial charge in [-0.2, -0.15) is 0 Å². The number of hydrogen-bond acceptors (Lipinski definition) is 0. The van der Waals surface area contributed by atoms with Crippen molar-refractivity contribution in [2.45, 2.75) is 26.2 Å². The molecule has 202 valence electrons. The third-order valence-electron chi connectivity index (χ3n) is 8.69. The molecule has 0 saturated carbocycles. The van der Waals surface area contributed by atoms with E-state index in [-0.39, 0.29) is 0 Å². The largest absolute Gasteiger partial charge is 0.309 e. The van der Waals surface area contributed by atoms with Gasteiger partial charge in [-0.15, -0.1) is 0 Å². The number of aryl methyl sites for hydroxylation is 1. The molecule has 0 saturated heterocycles. The van der Waals surface area contributed by atoms with Gasteiger partial charge in [0.05, 0.1) is 22.1 Å². The Kier molecular flexibility index (Phi) is 5.93. The zero-order valence-electron chi connectivity index (χ0n) is 23.8. The number of hydrogen-bond donors (Lipinski definition) is 0. The zero-order valence-corrected chi connectivity index (χ0v) is 23.8. The van der Waals surface area contributed by atoms with Gasteiger partial charge in [0.15, 0.2) is 0 Å². The Morgan fingerprint density at radius 1 is 0.429 bits per heavy atom. The molecule has 8 aromatic rings. The van der Waals surface area contributed by atoms with Crippen LogP contribution in [0.1, 0.15) is 25.3 Å². The van der Waals surface area contributed by atoms with Crippen molar-refractivity contribution in [3.8, 4) is 22.5 Å². The lowest BCUT2D eigenvalue weighted by molar-refractivity contribution is 0.796. The van der Waals surface area contributed by atoms with E-state index in [9.17, 15) is 0 Å². The monoisotopic (exact) mass is 540 g/mol. The molecule has 8 rings (SSSR count). The van der Waals surface area contributed by atoms with Crippen molar-refractivity contribution < 1.29 is 0 Å². The summed E-state index contributed by atoms with van der Waals surface area (Å²) in [6.07, 6.45) is 3.52. The Balaban J connectivity index is 1.44. The second-order valence-electron chi connectivity index (χ2n) is 11.3. The predicted octanol–water partition coefficient (Wildman–Crippen LogP) is 10.9. The summed E-state index contributed by atoms with van der Waals surface area (Å²) in [5.74, 6) is 0. The van der Waals surface area contributed by atoms with Gasteiger partial charge in [0, 0.05) is 32.9 Å². The number of fused-ring (bicyclic) bond motifs is 6. The first-order chi connectivity index (χ1) is 20.8. The van der Waals surface area contributed by atoms with Gasteiger partial charge in [-0.1, -0.05) is 98.3 Å². The molecule has 0 aliphatic carbocycles. The molecule has 0 atom stereocenters. The average Bonchev–Trinajstić information content (AvgIpc) is 3.55. The van der Waals surface area contributed by atoms with Crippen LogP contribution in [0.2, 0.25) is 0 Å². The number of nitrogens with zero attached hydrogens (tertiary/aromatic N) is 2. The quantitative estimate of drug-likeness (QED) is 0.198. The first-order valence-corrected chi connectivity index (χ1v) is 15.0. The van der Waals surface area contributed by atoms with Crippen molar-refractivity contribution in [3.05, 3.63) is 145 Å². The molecule has 2 heterocycles. The van der Waals surface area contributed by atoms with Crippen LogP contribution in [-0.2, 0) is 6.42 Å². The summed E-state index contributed by atoms with van der Waals surface area (Å²) >= 11 is 0. The van der Waals surface area contributed by atoms with Crippen molar-refractivity contribution in [1.82, 2.24) is 9.13 Å². The fourth-order valence-electron chi connectivity index (χ4n) is 6.63. The second-order valence-corrected chi connectivity index (χ2v) is 11.3. The number of rotatable bonds is 6. The lowest BCUT2D eigenvalue weighted by atomic mass is 10.0. The first kappa shape index (κ1) is 24.7. The molecule has 0 unspecified atom stereocenters. The standard InChI is InChI=1S/C40H32N2/c1-2-3-12-28-19-24-38-34(25-28)36-26-35-33-17-10-11-18-37(33)41(31-15-8-5-9-16-31)39(35)27-40(36)42(38)32-22-20-30(21-23-32)29-13-6-4-7-14-29/h4-11,13-27H,2-3,12H2,1H3. The van der Waals surface area contributed by atoms with Gasteiger partial charge >= 0.3 is 0 Å². The molecule has 0 spiro atoms. The Morgan fingerprint density at radius 3 is 1.74 bits per heavy atom. The fraction of sp³-hybridized carbons (Fsp3) is 0.100. The van der Waals surface area contributed by atoms with Crippen LogP contribution in [0.5, 0.6) is 0 Å².